The highest BCUT2D eigenvalue weighted by molar-refractivity contribution is 7.89. The Morgan fingerprint density at radius 1 is 1.11 bits per heavy atom. The van der Waals surface area contributed by atoms with Crippen molar-refractivity contribution in [2.24, 2.45) is 5.92 Å². The molecule has 0 saturated carbocycles. The van der Waals surface area contributed by atoms with Crippen molar-refractivity contribution in [3.8, 4) is 0 Å². The number of sulfonamides is 1. The van der Waals surface area contributed by atoms with Crippen molar-refractivity contribution in [2.45, 2.75) is 32.1 Å². The minimum absolute atomic E-state index is 0.00998. The van der Waals surface area contributed by atoms with Crippen molar-refractivity contribution in [1.82, 2.24) is 4.72 Å². The second kappa shape index (κ2) is 7.62. The van der Waals surface area contributed by atoms with Crippen LogP contribution in [0.3, 0.4) is 0 Å². The van der Waals surface area contributed by atoms with Crippen LogP contribution in [0.5, 0.6) is 0 Å². The molecule has 5 nitrogen and oxygen atoms in total. The molecule has 0 bridgehead atoms. The fourth-order valence-electron chi connectivity index (χ4n) is 3.68. The van der Waals surface area contributed by atoms with Crippen LogP contribution in [-0.2, 0) is 14.8 Å². The zero-order valence-electron chi connectivity index (χ0n) is 15.6. The minimum atomic E-state index is -3.63. The third kappa shape index (κ3) is 4.34. The van der Waals surface area contributed by atoms with Crippen molar-refractivity contribution < 1.29 is 13.2 Å². The summed E-state index contributed by atoms with van der Waals surface area (Å²) in [6.45, 7) is 6.25. The number of hydrogen-bond acceptors (Lipinski definition) is 3. The summed E-state index contributed by atoms with van der Waals surface area (Å²) in [5.74, 6) is -0.0850. The van der Waals surface area contributed by atoms with E-state index in [1.54, 1.807) is 43.0 Å². The molecule has 1 aliphatic heterocycles. The monoisotopic (exact) mass is 406 g/mol. The third-order valence-corrected chi connectivity index (χ3v) is 6.76. The van der Waals surface area contributed by atoms with Crippen LogP contribution in [0.2, 0.25) is 5.02 Å². The van der Waals surface area contributed by atoms with Crippen molar-refractivity contribution in [1.29, 1.82) is 0 Å². The molecule has 2 aromatic carbocycles. The lowest BCUT2D eigenvalue weighted by Crippen LogP contribution is -2.32. The standard InChI is InChI=1S/C20H23ClN2O3S/c1-13-8-14(2)20(15(3)9-13)27(25,26)22-11-16-10-19(24)23(12-16)18-6-4-17(21)5-7-18/h4-9,16,22H,10-12H2,1-3H3/t16-/m0/s1. The van der Waals surface area contributed by atoms with Crippen molar-refractivity contribution in [3.05, 3.63) is 58.1 Å². The molecule has 2 aromatic rings. The van der Waals surface area contributed by atoms with Crippen LogP contribution >= 0.6 is 11.6 Å². The van der Waals surface area contributed by atoms with Crippen LogP contribution in [0.1, 0.15) is 23.1 Å². The molecule has 1 atom stereocenters. The lowest BCUT2D eigenvalue weighted by molar-refractivity contribution is -0.117. The van der Waals surface area contributed by atoms with E-state index in [-0.39, 0.29) is 18.4 Å². The fourth-order valence-corrected chi connectivity index (χ4v) is 5.37. The number of carbonyl (C=O) groups excluding carboxylic acids is 1. The number of anilines is 1. The van der Waals surface area contributed by atoms with Crippen molar-refractivity contribution >= 4 is 33.2 Å². The van der Waals surface area contributed by atoms with Crippen molar-refractivity contribution in [2.75, 3.05) is 18.0 Å². The Morgan fingerprint density at radius 2 is 1.70 bits per heavy atom. The molecule has 0 radical (unpaired) electrons. The van der Waals surface area contributed by atoms with Crippen LogP contribution in [0.4, 0.5) is 5.69 Å². The molecule has 1 N–H and O–H groups in total. The molecule has 144 valence electrons. The maximum atomic E-state index is 12.8. The van der Waals surface area contributed by atoms with E-state index in [0.717, 1.165) is 22.4 Å². The van der Waals surface area contributed by atoms with Gasteiger partial charge in [-0.05, 0) is 62.1 Å². The number of aryl methyl sites for hydroxylation is 3. The Balaban J connectivity index is 1.70. The van der Waals surface area contributed by atoms with Crippen LogP contribution < -0.4 is 9.62 Å². The second-order valence-electron chi connectivity index (χ2n) is 7.13. The van der Waals surface area contributed by atoms with E-state index in [2.05, 4.69) is 4.72 Å². The van der Waals surface area contributed by atoms with Crippen LogP contribution in [0.25, 0.3) is 0 Å². The number of nitrogens with zero attached hydrogens (tertiary/aromatic N) is 1. The summed E-state index contributed by atoms with van der Waals surface area (Å²) in [4.78, 5) is 14.3. The Bertz CT molecular complexity index is 948. The molecule has 0 spiro atoms. The molecule has 27 heavy (non-hydrogen) atoms. The Morgan fingerprint density at radius 3 is 2.30 bits per heavy atom. The van der Waals surface area contributed by atoms with E-state index < -0.39 is 10.0 Å². The molecule has 0 unspecified atom stereocenters. The van der Waals surface area contributed by atoms with Crippen LogP contribution in [0.15, 0.2) is 41.3 Å². The highest BCUT2D eigenvalue weighted by atomic mass is 35.5. The van der Waals surface area contributed by atoms with Gasteiger partial charge in [-0.3, -0.25) is 4.79 Å². The first-order valence-electron chi connectivity index (χ1n) is 8.81. The van der Waals surface area contributed by atoms with Gasteiger partial charge in [0, 0.05) is 30.2 Å². The maximum absolute atomic E-state index is 12.8. The molecule has 7 heteroatoms. The van der Waals surface area contributed by atoms with Gasteiger partial charge < -0.3 is 4.90 Å². The summed E-state index contributed by atoms with van der Waals surface area (Å²) in [6.07, 6.45) is 0.316. The predicted molar refractivity (Wildman–Crippen MR) is 108 cm³/mol. The average molecular weight is 407 g/mol. The summed E-state index contributed by atoms with van der Waals surface area (Å²) >= 11 is 5.90. The molecule has 3 rings (SSSR count). The fraction of sp³-hybridized carbons (Fsp3) is 0.350. The highest BCUT2D eigenvalue weighted by Crippen LogP contribution is 2.27. The Kier molecular flexibility index (Phi) is 5.60. The second-order valence-corrected chi connectivity index (χ2v) is 9.27. The van der Waals surface area contributed by atoms with Gasteiger partial charge in [-0.15, -0.1) is 0 Å². The zero-order valence-corrected chi connectivity index (χ0v) is 17.2. The molecule has 1 aliphatic rings. The van der Waals surface area contributed by atoms with Gasteiger partial charge in [0.05, 0.1) is 4.90 Å². The van der Waals surface area contributed by atoms with Gasteiger partial charge >= 0.3 is 0 Å². The summed E-state index contributed by atoms with van der Waals surface area (Å²) in [5.41, 5.74) is 3.26. The first kappa shape index (κ1) is 19.9. The first-order chi connectivity index (χ1) is 12.7. The van der Waals surface area contributed by atoms with E-state index in [9.17, 15) is 13.2 Å². The minimum Gasteiger partial charge on any atom is -0.312 e. The molecular formula is C20H23ClN2O3S. The largest absolute Gasteiger partial charge is 0.312 e. The lowest BCUT2D eigenvalue weighted by atomic mass is 10.1. The number of carbonyl (C=O) groups is 1. The van der Waals surface area contributed by atoms with Crippen molar-refractivity contribution in [3.63, 3.8) is 0 Å². The number of halogens is 1. The number of nitrogens with one attached hydrogen (secondary N) is 1. The number of rotatable bonds is 5. The summed E-state index contributed by atoms with van der Waals surface area (Å²) < 4.78 is 28.3. The van der Waals surface area contributed by atoms with E-state index in [4.69, 9.17) is 11.6 Å². The van der Waals surface area contributed by atoms with Crippen LogP contribution in [-0.4, -0.2) is 27.4 Å². The summed E-state index contributed by atoms with van der Waals surface area (Å²) in [5, 5.41) is 0.610. The van der Waals surface area contributed by atoms with Gasteiger partial charge in [0.2, 0.25) is 15.9 Å². The molecule has 1 heterocycles. The van der Waals surface area contributed by atoms with Gasteiger partial charge in [0.25, 0.3) is 0 Å². The van der Waals surface area contributed by atoms with E-state index >= 15 is 0 Å². The lowest BCUT2D eigenvalue weighted by Gasteiger charge is -2.18. The topological polar surface area (TPSA) is 66.5 Å². The van der Waals surface area contributed by atoms with E-state index in [1.807, 2.05) is 19.1 Å². The molecule has 1 amide bonds. The third-order valence-electron chi connectivity index (χ3n) is 4.78. The maximum Gasteiger partial charge on any atom is 0.241 e. The van der Waals surface area contributed by atoms with E-state index in [1.165, 1.54) is 0 Å². The van der Waals surface area contributed by atoms with Gasteiger partial charge in [-0.2, -0.15) is 0 Å². The van der Waals surface area contributed by atoms with Gasteiger partial charge in [0.1, 0.15) is 0 Å². The average Bonchev–Trinajstić information content (AvgIpc) is 2.93. The molecule has 1 fully saturated rings. The normalized spacial score (nSPS) is 17.6. The highest BCUT2D eigenvalue weighted by Gasteiger charge is 2.32. The molecule has 0 aliphatic carbocycles. The molecular weight excluding hydrogens is 384 g/mol. The number of hydrogen-bond donors (Lipinski definition) is 1. The number of benzene rings is 2. The molecule has 1 saturated heterocycles. The quantitative estimate of drug-likeness (QED) is 0.824. The van der Waals surface area contributed by atoms with Gasteiger partial charge in [-0.25, -0.2) is 13.1 Å². The first-order valence-corrected chi connectivity index (χ1v) is 10.7. The van der Waals surface area contributed by atoms with E-state index in [0.29, 0.717) is 22.9 Å². The zero-order chi connectivity index (χ0) is 19.8. The van der Waals surface area contributed by atoms with Gasteiger partial charge in [0.15, 0.2) is 0 Å². The SMILES string of the molecule is Cc1cc(C)c(S(=O)(=O)NC[C@@H]2CC(=O)N(c3ccc(Cl)cc3)C2)c(C)c1. The summed E-state index contributed by atoms with van der Waals surface area (Å²) in [7, 11) is -3.63. The van der Waals surface area contributed by atoms with Crippen LogP contribution in [0, 0.1) is 26.7 Å². The summed E-state index contributed by atoms with van der Waals surface area (Å²) in [6, 6.07) is 10.8. The smallest absolute Gasteiger partial charge is 0.241 e. The Labute approximate surface area is 165 Å². The predicted octanol–water partition coefficient (Wildman–Crippen LogP) is 3.60. The van der Waals surface area contributed by atoms with Gasteiger partial charge in [-0.1, -0.05) is 29.3 Å². The molecule has 0 aromatic heterocycles. The Hall–Kier alpha value is -1.89. The number of amides is 1.